The van der Waals surface area contributed by atoms with Crippen LogP contribution >= 0.6 is 11.3 Å². The Morgan fingerprint density at radius 2 is 2.05 bits per heavy atom. The lowest BCUT2D eigenvalue weighted by atomic mass is 10.2. The number of guanidine groups is 1. The number of aliphatic imine (C=N–C) groups is 1. The number of thiophene rings is 1. The Bertz CT molecular complexity index is 552. The van der Waals surface area contributed by atoms with Crippen molar-refractivity contribution in [1.29, 1.82) is 0 Å². The van der Waals surface area contributed by atoms with Gasteiger partial charge in [0.2, 0.25) is 0 Å². The monoisotopic (exact) mass is 289 g/mol. The molecule has 0 radical (unpaired) electrons. The third kappa shape index (κ3) is 4.28. The summed E-state index contributed by atoms with van der Waals surface area (Å²) in [5.41, 5.74) is 1.16. The van der Waals surface area contributed by atoms with E-state index in [1.54, 1.807) is 25.5 Å². The molecule has 1 aromatic carbocycles. The van der Waals surface area contributed by atoms with Crippen LogP contribution in [0.5, 0.6) is 5.75 Å². The Morgan fingerprint density at radius 1 is 1.20 bits per heavy atom. The highest BCUT2D eigenvalue weighted by Crippen LogP contribution is 2.12. The van der Waals surface area contributed by atoms with E-state index in [0.29, 0.717) is 6.54 Å². The van der Waals surface area contributed by atoms with Gasteiger partial charge in [-0.1, -0.05) is 18.2 Å². The molecular weight excluding hydrogens is 270 g/mol. The minimum absolute atomic E-state index is 0.710. The fourth-order valence-electron chi connectivity index (χ4n) is 1.77. The van der Waals surface area contributed by atoms with Gasteiger partial charge in [0.15, 0.2) is 5.96 Å². The number of nitrogens with one attached hydrogen (secondary N) is 2. The molecule has 106 valence electrons. The van der Waals surface area contributed by atoms with E-state index >= 15 is 0 Å². The predicted octanol–water partition coefficient (Wildman–Crippen LogP) is 2.62. The fraction of sp³-hybridized carbons (Fsp3) is 0.267. The van der Waals surface area contributed by atoms with Crippen LogP contribution in [0.25, 0.3) is 0 Å². The summed E-state index contributed by atoms with van der Waals surface area (Å²) in [7, 11) is 3.45. The summed E-state index contributed by atoms with van der Waals surface area (Å²) < 4.78 is 5.21. The molecule has 0 spiro atoms. The Hall–Kier alpha value is -2.01. The molecule has 2 aromatic rings. The van der Waals surface area contributed by atoms with Gasteiger partial charge < -0.3 is 15.4 Å². The van der Waals surface area contributed by atoms with Gasteiger partial charge in [0, 0.05) is 18.5 Å². The van der Waals surface area contributed by atoms with Gasteiger partial charge in [-0.15, -0.1) is 11.3 Å². The van der Waals surface area contributed by atoms with Crippen molar-refractivity contribution in [2.45, 2.75) is 13.1 Å². The Kier molecular flexibility index (Phi) is 5.43. The molecule has 0 fully saturated rings. The smallest absolute Gasteiger partial charge is 0.191 e. The highest BCUT2D eigenvalue weighted by Gasteiger charge is 2.00. The molecule has 2 rings (SSSR count). The summed E-state index contributed by atoms with van der Waals surface area (Å²) in [4.78, 5) is 5.50. The van der Waals surface area contributed by atoms with Crippen LogP contribution in [0, 0.1) is 0 Å². The average molecular weight is 289 g/mol. The number of methoxy groups -OCH3 is 1. The first-order chi connectivity index (χ1) is 9.81. The van der Waals surface area contributed by atoms with Gasteiger partial charge in [0.1, 0.15) is 5.75 Å². The minimum Gasteiger partial charge on any atom is -0.497 e. The molecule has 0 bridgehead atoms. The molecule has 0 amide bonds. The SMILES string of the molecule is CN=C(NCc1cccc(OC)c1)NCc1cccs1. The Balaban J connectivity index is 1.84. The number of hydrogen-bond donors (Lipinski definition) is 2. The normalized spacial score (nSPS) is 11.2. The molecule has 0 saturated carbocycles. The summed E-state index contributed by atoms with van der Waals surface area (Å²) in [6, 6.07) is 12.1. The fourth-order valence-corrected chi connectivity index (χ4v) is 2.42. The van der Waals surface area contributed by atoms with Gasteiger partial charge in [0.25, 0.3) is 0 Å². The summed E-state index contributed by atoms with van der Waals surface area (Å²) in [5, 5.41) is 8.65. The van der Waals surface area contributed by atoms with Crippen LogP contribution < -0.4 is 15.4 Å². The van der Waals surface area contributed by atoms with Crippen LogP contribution in [0.3, 0.4) is 0 Å². The maximum Gasteiger partial charge on any atom is 0.191 e. The number of rotatable bonds is 5. The van der Waals surface area contributed by atoms with Crippen molar-refractivity contribution in [3.05, 3.63) is 52.2 Å². The topological polar surface area (TPSA) is 45.7 Å². The highest BCUT2D eigenvalue weighted by atomic mass is 32.1. The van der Waals surface area contributed by atoms with E-state index in [0.717, 1.165) is 23.8 Å². The van der Waals surface area contributed by atoms with Crippen molar-refractivity contribution in [3.63, 3.8) is 0 Å². The van der Waals surface area contributed by atoms with Gasteiger partial charge in [0.05, 0.1) is 13.7 Å². The average Bonchev–Trinajstić information content (AvgIpc) is 3.01. The standard InChI is InChI=1S/C15H19N3OS/c1-16-15(18-11-14-7-4-8-20-14)17-10-12-5-3-6-13(9-12)19-2/h3-9H,10-11H2,1-2H3,(H2,16,17,18). The second kappa shape index (κ2) is 7.55. The molecule has 0 aliphatic rings. The Morgan fingerprint density at radius 3 is 2.75 bits per heavy atom. The van der Waals surface area contributed by atoms with Crippen LogP contribution in [0.2, 0.25) is 0 Å². The molecule has 1 aromatic heterocycles. The molecule has 20 heavy (non-hydrogen) atoms. The van der Waals surface area contributed by atoms with Crippen molar-refractivity contribution < 1.29 is 4.74 Å². The van der Waals surface area contributed by atoms with E-state index in [-0.39, 0.29) is 0 Å². The van der Waals surface area contributed by atoms with E-state index in [1.807, 2.05) is 24.3 Å². The molecular formula is C15H19N3OS. The van der Waals surface area contributed by atoms with Crippen molar-refractivity contribution in [2.75, 3.05) is 14.2 Å². The highest BCUT2D eigenvalue weighted by molar-refractivity contribution is 7.09. The van der Waals surface area contributed by atoms with Crippen molar-refractivity contribution in [3.8, 4) is 5.75 Å². The van der Waals surface area contributed by atoms with E-state index < -0.39 is 0 Å². The van der Waals surface area contributed by atoms with Crippen molar-refractivity contribution in [1.82, 2.24) is 10.6 Å². The molecule has 0 atom stereocenters. The van der Waals surface area contributed by atoms with Crippen molar-refractivity contribution in [2.24, 2.45) is 4.99 Å². The molecule has 2 N–H and O–H groups in total. The summed E-state index contributed by atoms with van der Waals surface area (Å²) in [6.45, 7) is 1.50. The molecule has 5 heteroatoms. The summed E-state index contributed by atoms with van der Waals surface area (Å²) >= 11 is 1.73. The maximum atomic E-state index is 5.21. The lowest BCUT2D eigenvalue weighted by Gasteiger charge is -2.11. The zero-order valence-electron chi connectivity index (χ0n) is 11.7. The maximum absolute atomic E-state index is 5.21. The van der Waals surface area contributed by atoms with Gasteiger partial charge in [-0.25, -0.2) is 0 Å². The first kappa shape index (κ1) is 14.4. The molecule has 1 heterocycles. The lowest BCUT2D eigenvalue weighted by molar-refractivity contribution is 0.414. The molecule has 0 aliphatic carbocycles. The number of nitrogens with zero attached hydrogens (tertiary/aromatic N) is 1. The van der Waals surface area contributed by atoms with E-state index in [9.17, 15) is 0 Å². The zero-order chi connectivity index (χ0) is 14.2. The van der Waals surface area contributed by atoms with Gasteiger partial charge in [-0.2, -0.15) is 0 Å². The van der Waals surface area contributed by atoms with Crippen LogP contribution in [0.1, 0.15) is 10.4 Å². The second-order valence-corrected chi connectivity index (χ2v) is 5.24. The van der Waals surface area contributed by atoms with Gasteiger partial charge in [-0.05, 0) is 29.1 Å². The van der Waals surface area contributed by atoms with Crippen LogP contribution in [-0.2, 0) is 13.1 Å². The van der Waals surface area contributed by atoms with E-state index in [1.165, 1.54) is 4.88 Å². The Labute approximate surface area is 123 Å². The zero-order valence-corrected chi connectivity index (χ0v) is 12.5. The van der Waals surface area contributed by atoms with Crippen LogP contribution in [0.15, 0.2) is 46.8 Å². The van der Waals surface area contributed by atoms with Crippen molar-refractivity contribution >= 4 is 17.3 Å². The lowest BCUT2D eigenvalue weighted by Crippen LogP contribution is -2.36. The van der Waals surface area contributed by atoms with E-state index in [4.69, 9.17) is 4.74 Å². The van der Waals surface area contributed by atoms with Gasteiger partial charge >= 0.3 is 0 Å². The molecule has 4 nitrogen and oxygen atoms in total. The molecule has 0 unspecified atom stereocenters. The summed E-state index contributed by atoms with van der Waals surface area (Å²) in [5.74, 6) is 1.66. The molecule has 0 aliphatic heterocycles. The number of hydrogen-bond acceptors (Lipinski definition) is 3. The number of ether oxygens (including phenoxy) is 1. The van der Waals surface area contributed by atoms with Crippen LogP contribution in [-0.4, -0.2) is 20.1 Å². The third-order valence-electron chi connectivity index (χ3n) is 2.83. The number of benzene rings is 1. The third-order valence-corrected chi connectivity index (χ3v) is 3.70. The first-order valence-electron chi connectivity index (χ1n) is 6.41. The summed E-state index contributed by atoms with van der Waals surface area (Å²) in [6.07, 6.45) is 0. The van der Waals surface area contributed by atoms with Crippen LogP contribution in [0.4, 0.5) is 0 Å². The van der Waals surface area contributed by atoms with Gasteiger partial charge in [-0.3, -0.25) is 4.99 Å². The first-order valence-corrected chi connectivity index (χ1v) is 7.29. The minimum atomic E-state index is 0.710. The quantitative estimate of drug-likeness (QED) is 0.657. The van der Waals surface area contributed by atoms with E-state index in [2.05, 4.69) is 33.1 Å². The largest absolute Gasteiger partial charge is 0.497 e. The molecule has 0 saturated heterocycles. The predicted molar refractivity (Wildman–Crippen MR) is 84.4 cm³/mol. The second-order valence-electron chi connectivity index (χ2n) is 4.21.